The molecule has 1 aliphatic rings. The lowest BCUT2D eigenvalue weighted by molar-refractivity contribution is 0.309. The summed E-state index contributed by atoms with van der Waals surface area (Å²) in [5, 5.41) is 13.6. The molecule has 0 saturated carbocycles. The average molecular weight is 275 g/mol. The number of hydrogen-bond acceptors (Lipinski definition) is 7. The Labute approximate surface area is 116 Å². The largest absolute Gasteiger partial charge is 0.506 e. The molecule has 1 aromatic heterocycles. The van der Waals surface area contributed by atoms with Crippen LogP contribution in [-0.2, 0) is 0 Å². The summed E-state index contributed by atoms with van der Waals surface area (Å²) >= 11 is 0. The van der Waals surface area contributed by atoms with Gasteiger partial charge >= 0.3 is 0 Å². The Morgan fingerprint density at radius 1 is 1.25 bits per heavy atom. The Kier molecular flexibility index (Phi) is 3.19. The minimum absolute atomic E-state index is 0.0156. The van der Waals surface area contributed by atoms with Gasteiger partial charge < -0.3 is 25.2 Å². The van der Waals surface area contributed by atoms with Gasteiger partial charge in [0.1, 0.15) is 5.75 Å². The van der Waals surface area contributed by atoms with Gasteiger partial charge in [-0.25, -0.2) is 0 Å². The van der Waals surface area contributed by atoms with Gasteiger partial charge in [0.2, 0.25) is 0 Å². The van der Waals surface area contributed by atoms with Crippen LogP contribution in [-0.4, -0.2) is 53.4 Å². The smallest absolute Gasteiger partial charge is 0.266 e. The summed E-state index contributed by atoms with van der Waals surface area (Å²) in [6, 6.07) is 4.89. The van der Waals surface area contributed by atoms with Crippen LogP contribution < -0.4 is 10.6 Å². The molecular weight excluding hydrogens is 258 g/mol. The number of rotatable bonds is 2. The molecule has 0 radical (unpaired) electrons. The topological polar surface area (TPSA) is 91.7 Å². The third-order valence-corrected chi connectivity index (χ3v) is 3.48. The third kappa shape index (κ3) is 2.39. The summed E-state index contributed by atoms with van der Waals surface area (Å²) in [6.45, 7) is 3.71. The van der Waals surface area contributed by atoms with Crippen LogP contribution in [0, 0.1) is 0 Å². The first-order valence-corrected chi connectivity index (χ1v) is 6.49. The van der Waals surface area contributed by atoms with Crippen LogP contribution in [0.25, 0.3) is 11.5 Å². The Balaban J connectivity index is 1.81. The van der Waals surface area contributed by atoms with Crippen molar-refractivity contribution in [2.75, 3.05) is 43.9 Å². The fourth-order valence-electron chi connectivity index (χ4n) is 2.14. The van der Waals surface area contributed by atoms with Gasteiger partial charge in [-0.15, -0.1) is 0 Å². The zero-order valence-electron chi connectivity index (χ0n) is 11.3. The van der Waals surface area contributed by atoms with Crippen LogP contribution in [0.3, 0.4) is 0 Å². The second-order valence-corrected chi connectivity index (χ2v) is 4.96. The molecule has 7 heteroatoms. The van der Waals surface area contributed by atoms with Gasteiger partial charge in [-0.05, 0) is 30.4 Å². The Morgan fingerprint density at radius 3 is 2.70 bits per heavy atom. The fourth-order valence-corrected chi connectivity index (χ4v) is 2.14. The van der Waals surface area contributed by atoms with Gasteiger partial charge in [0.25, 0.3) is 11.8 Å². The van der Waals surface area contributed by atoms with E-state index in [1.54, 1.807) is 12.1 Å². The van der Waals surface area contributed by atoms with E-state index >= 15 is 0 Å². The predicted octanol–water partition coefficient (Wildman–Crippen LogP) is 0.776. The Hall–Kier alpha value is -2.28. The highest BCUT2D eigenvalue weighted by atomic mass is 16.5. The van der Waals surface area contributed by atoms with Crippen molar-refractivity contribution in [2.24, 2.45) is 0 Å². The minimum atomic E-state index is 0.0156. The molecule has 0 spiro atoms. The minimum Gasteiger partial charge on any atom is -0.506 e. The van der Waals surface area contributed by atoms with Crippen molar-refractivity contribution in [3.8, 4) is 17.2 Å². The van der Waals surface area contributed by atoms with E-state index in [1.807, 2.05) is 0 Å². The number of anilines is 2. The normalized spacial score (nSPS) is 16.6. The summed E-state index contributed by atoms with van der Waals surface area (Å²) in [6.07, 6.45) is 0. The van der Waals surface area contributed by atoms with Crippen LogP contribution >= 0.6 is 0 Å². The summed E-state index contributed by atoms with van der Waals surface area (Å²) in [5.41, 5.74) is 6.56. The highest BCUT2D eigenvalue weighted by Crippen LogP contribution is 2.28. The lowest BCUT2D eigenvalue weighted by atomic mass is 10.2. The standard InChI is InChI=1S/C13H17N5O2/c1-17-4-6-18(7-5-17)13-15-12(20-16-13)9-2-3-10(14)11(19)8-9/h2-3,8,19H,4-7,14H2,1H3. The number of nitrogen functional groups attached to an aromatic ring is 1. The van der Waals surface area contributed by atoms with Crippen LogP contribution in [0.4, 0.5) is 11.6 Å². The SMILES string of the molecule is CN1CCN(c2noc(-c3ccc(N)c(O)c3)n2)CC1. The molecule has 0 atom stereocenters. The summed E-state index contributed by atoms with van der Waals surface area (Å²) in [7, 11) is 2.09. The van der Waals surface area contributed by atoms with E-state index in [0.29, 0.717) is 23.1 Å². The lowest BCUT2D eigenvalue weighted by Gasteiger charge is -2.31. The molecule has 2 aromatic rings. The monoisotopic (exact) mass is 275 g/mol. The number of phenolic OH excluding ortho intramolecular Hbond substituents is 1. The fraction of sp³-hybridized carbons (Fsp3) is 0.385. The molecule has 1 saturated heterocycles. The van der Waals surface area contributed by atoms with Gasteiger partial charge in [0.05, 0.1) is 5.69 Å². The van der Waals surface area contributed by atoms with Crippen LogP contribution in [0.1, 0.15) is 0 Å². The molecule has 20 heavy (non-hydrogen) atoms. The molecule has 106 valence electrons. The molecular formula is C13H17N5O2. The Bertz CT molecular complexity index is 605. The first-order chi connectivity index (χ1) is 9.63. The van der Waals surface area contributed by atoms with Crippen molar-refractivity contribution >= 4 is 11.6 Å². The van der Waals surface area contributed by atoms with Crippen LogP contribution in [0.2, 0.25) is 0 Å². The van der Waals surface area contributed by atoms with Crippen molar-refractivity contribution in [2.45, 2.75) is 0 Å². The summed E-state index contributed by atoms with van der Waals surface area (Å²) < 4.78 is 5.26. The van der Waals surface area contributed by atoms with Crippen molar-refractivity contribution in [1.82, 2.24) is 15.0 Å². The molecule has 3 rings (SSSR count). The quantitative estimate of drug-likeness (QED) is 0.618. The molecule has 0 aliphatic carbocycles. The highest BCUT2D eigenvalue weighted by Gasteiger charge is 2.19. The van der Waals surface area contributed by atoms with E-state index in [2.05, 4.69) is 27.0 Å². The predicted molar refractivity (Wildman–Crippen MR) is 75.5 cm³/mol. The van der Waals surface area contributed by atoms with Gasteiger partial charge in [-0.3, -0.25) is 0 Å². The second kappa shape index (κ2) is 5.01. The van der Waals surface area contributed by atoms with Crippen LogP contribution in [0.5, 0.6) is 5.75 Å². The zero-order chi connectivity index (χ0) is 14.1. The van der Waals surface area contributed by atoms with Gasteiger partial charge in [0, 0.05) is 31.7 Å². The maximum atomic E-state index is 9.62. The lowest BCUT2D eigenvalue weighted by Crippen LogP contribution is -2.44. The maximum Gasteiger partial charge on any atom is 0.266 e. The number of hydrogen-bond donors (Lipinski definition) is 2. The molecule has 1 fully saturated rings. The molecule has 1 aliphatic heterocycles. The summed E-state index contributed by atoms with van der Waals surface area (Å²) in [5.74, 6) is 0.987. The number of aromatic hydroxyl groups is 1. The van der Waals surface area contributed by atoms with Gasteiger partial charge in [0.15, 0.2) is 0 Å². The number of piperazine rings is 1. The van der Waals surface area contributed by atoms with Crippen molar-refractivity contribution < 1.29 is 9.63 Å². The van der Waals surface area contributed by atoms with Crippen molar-refractivity contribution in [1.29, 1.82) is 0 Å². The number of benzene rings is 1. The second-order valence-electron chi connectivity index (χ2n) is 4.96. The van der Waals surface area contributed by atoms with E-state index in [-0.39, 0.29) is 5.75 Å². The van der Waals surface area contributed by atoms with E-state index < -0.39 is 0 Å². The number of aromatic nitrogens is 2. The van der Waals surface area contributed by atoms with E-state index in [0.717, 1.165) is 26.2 Å². The number of likely N-dealkylation sites (N-methyl/N-ethyl adjacent to an activating group) is 1. The highest BCUT2D eigenvalue weighted by molar-refractivity contribution is 5.64. The number of nitrogens with zero attached hydrogens (tertiary/aromatic N) is 4. The molecule has 0 unspecified atom stereocenters. The maximum absolute atomic E-state index is 9.62. The summed E-state index contributed by atoms with van der Waals surface area (Å²) in [4.78, 5) is 8.72. The van der Waals surface area contributed by atoms with Crippen molar-refractivity contribution in [3.05, 3.63) is 18.2 Å². The molecule has 1 aromatic carbocycles. The zero-order valence-corrected chi connectivity index (χ0v) is 11.3. The van der Waals surface area contributed by atoms with E-state index in [1.165, 1.54) is 6.07 Å². The van der Waals surface area contributed by atoms with Crippen LogP contribution in [0.15, 0.2) is 22.7 Å². The number of nitrogens with two attached hydrogens (primary N) is 1. The van der Waals surface area contributed by atoms with Gasteiger partial charge in [-0.1, -0.05) is 0 Å². The van der Waals surface area contributed by atoms with Gasteiger partial charge in [-0.2, -0.15) is 4.98 Å². The molecule has 0 amide bonds. The molecule has 7 nitrogen and oxygen atoms in total. The van der Waals surface area contributed by atoms with E-state index in [4.69, 9.17) is 10.3 Å². The Morgan fingerprint density at radius 2 is 2.00 bits per heavy atom. The first kappa shape index (κ1) is 12.7. The third-order valence-electron chi connectivity index (χ3n) is 3.48. The number of phenols is 1. The van der Waals surface area contributed by atoms with E-state index in [9.17, 15) is 5.11 Å². The molecule has 0 bridgehead atoms. The average Bonchev–Trinajstić information content (AvgIpc) is 2.92. The first-order valence-electron chi connectivity index (χ1n) is 6.49. The van der Waals surface area contributed by atoms with Crippen molar-refractivity contribution in [3.63, 3.8) is 0 Å². The molecule has 2 heterocycles. The molecule has 3 N–H and O–H groups in total.